The highest BCUT2D eigenvalue weighted by atomic mass is 16.6. The molecule has 4 aromatic rings. The first-order chi connectivity index (χ1) is 16.0. The molecule has 0 unspecified atom stereocenters. The molecule has 0 radical (unpaired) electrons. The molecule has 4 aromatic carbocycles. The third-order valence-electron chi connectivity index (χ3n) is 5.06. The number of rotatable bonds is 5. The van der Waals surface area contributed by atoms with E-state index in [0.29, 0.717) is 22.8 Å². The molecule has 0 atom stereocenters. The zero-order valence-corrected chi connectivity index (χ0v) is 18.0. The van der Waals surface area contributed by atoms with Crippen LogP contribution in [-0.4, -0.2) is 16.7 Å². The van der Waals surface area contributed by atoms with Crippen LogP contribution in [-0.2, 0) is 0 Å². The van der Waals surface area contributed by atoms with Crippen LogP contribution in [0.2, 0.25) is 0 Å². The molecule has 0 saturated heterocycles. The van der Waals surface area contributed by atoms with Crippen LogP contribution in [0, 0.1) is 17.0 Å². The smallest absolute Gasteiger partial charge is 0.268 e. The van der Waals surface area contributed by atoms with Gasteiger partial charge in [-0.05, 0) is 43.3 Å². The van der Waals surface area contributed by atoms with Gasteiger partial charge in [-0.1, -0.05) is 66.2 Å². The minimum Gasteiger partial charge on any atom is -0.268 e. The number of hydrogen-bond acceptors (Lipinski definition) is 4. The van der Waals surface area contributed by atoms with Crippen molar-refractivity contribution in [1.82, 2.24) is 0 Å². The molecule has 33 heavy (non-hydrogen) atoms. The monoisotopic (exact) mass is 435 g/mol. The standard InChI is InChI=1S/C27H21N3O3/c1-20-12-16-23(17-13-20)28-26(21-8-4-2-5-9-21)29(24-10-6-3-7-11-24)27(31)22-14-18-25(19-15-22)30(32)33/h2-19H,1H3. The van der Waals surface area contributed by atoms with Crippen LogP contribution in [0.1, 0.15) is 21.5 Å². The number of nitro benzene ring substituents is 1. The summed E-state index contributed by atoms with van der Waals surface area (Å²) in [5.41, 5.74) is 3.45. The number of aliphatic imine (C=N–C) groups is 1. The molecule has 162 valence electrons. The van der Waals surface area contributed by atoms with Gasteiger partial charge in [0.1, 0.15) is 5.84 Å². The molecule has 1 amide bonds. The Morgan fingerprint density at radius 3 is 1.91 bits per heavy atom. The average Bonchev–Trinajstić information content (AvgIpc) is 2.86. The number of nitrogens with zero attached hydrogens (tertiary/aromatic N) is 3. The number of benzene rings is 4. The fourth-order valence-electron chi connectivity index (χ4n) is 3.34. The molecule has 0 spiro atoms. The lowest BCUT2D eigenvalue weighted by molar-refractivity contribution is -0.384. The molecule has 0 aliphatic rings. The summed E-state index contributed by atoms with van der Waals surface area (Å²) in [5, 5.41) is 11.0. The number of anilines is 1. The molecule has 6 nitrogen and oxygen atoms in total. The molecule has 4 rings (SSSR count). The van der Waals surface area contributed by atoms with Crippen molar-refractivity contribution in [1.29, 1.82) is 0 Å². The Balaban J connectivity index is 1.88. The van der Waals surface area contributed by atoms with Gasteiger partial charge < -0.3 is 0 Å². The Morgan fingerprint density at radius 2 is 1.33 bits per heavy atom. The van der Waals surface area contributed by atoms with Crippen LogP contribution < -0.4 is 4.90 Å². The molecule has 0 bridgehead atoms. The molecule has 0 N–H and O–H groups in total. The van der Waals surface area contributed by atoms with Gasteiger partial charge in [0.15, 0.2) is 0 Å². The fraction of sp³-hybridized carbons (Fsp3) is 0.0370. The van der Waals surface area contributed by atoms with E-state index in [0.717, 1.165) is 11.1 Å². The number of carbonyl (C=O) groups is 1. The summed E-state index contributed by atoms with van der Waals surface area (Å²) in [7, 11) is 0. The molecule has 0 heterocycles. The number of para-hydroxylation sites is 1. The second-order valence-corrected chi connectivity index (χ2v) is 7.42. The van der Waals surface area contributed by atoms with Crippen molar-refractivity contribution in [3.63, 3.8) is 0 Å². The minimum absolute atomic E-state index is 0.0746. The maximum Gasteiger partial charge on any atom is 0.269 e. The maximum atomic E-state index is 13.8. The quantitative estimate of drug-likeness (QED) is 0.159. The highest BCUT2D eigenvalue weighted by Gasteiger charge is 2.25. The fourth-order valence-corrected chi connectivity index (χ4v) is 3.34. The van der Waals surface area contributed by atoms with E-state index in [1.54, 1.807) is 0 Å². The lowest BCUT2D eigenvalue weighted by Crippen LogP contribution is -2.37. The maximum absolute atomic E-state index is 13.8. The first-order valence-electron chi connectivity index (χ1n) is 10.4. The van der Waals surface area contributed by atoms with Crippen molar-refractivity contribution in [2.75, 3.05) is 4.90 Å². The van der Waals surface area contributed by atoms with Crippen molar-refractivity contribution >= 4 is 28.8 Å². The molecule has 6 heteroatoms. The first kappa shape index (κ1) is 21.6. The predicted molar refractivity (Wildman–Crippen MR) is 130 cm³/mol. The molecule has 0 saturated carbocycles. The summed E-state index contributed by atoms with van der Waals surface area (Å²) in [6.07, 6.45) is 0. The van der Waals surface area contributed by atoms with Crippen molar-refractivity contribution < 1.29 is 9.72 Å². The molecular formula is C27H21N3O3. The number of hydrogen-bond donors (Lipinski definition) is 0. The second-order valence-electron chi connectivity index (χ2n) is 7.42. The SMILES string of the molecule is Cc1ccc(N=C(c2ccccc2)N(C(=O)c2ccc([N+](=O)[O-])cc2)c2ccccc2)cc1. The number of amides is 1. The molecular weight excluding hydrogens is 414 g/mol. The summed E-state index contributed by atoms with van der Waals surface area (Å²) in [6.45, 7) is 2.00. The van der Waals surface area contributed by atoms with Gasteiger partial charge in [0, 0.05) is 23.3 Å². The topological polar surface area (TPSA) is 75.8 Å². The van der Waals surface area contributed by atoms with Crippen LogP contribution in [0.25, 0.3) is 0 Å². The number of carbonyl (C=O) groups excluding carboxylic acids is 1. The summed E-state index contributed by atoms with van der Waals surface area (Å²) in [5.74, 6) is 0.111. The minimum atomic E-state index is -0.489. The van der Waals surface area contributed by atoms with Gasteiger partial charge >= 0.3 is 0 Å². The van der Waals surface area contributed by atoms with E-state index in [2.05, 4.69) is 0 Å². The third-order valence-corrected chi connectivity index (χ3v) is 5.06. The van der Waals surface area contributed by atoms with Gasteiger partial charge in [0.25, 0.3) is 11.6 Å². The average molecular weight is 435 g/mol. The summed E-state index contributed by atoms with van der Waals surface area (Å²) in [6, 6.07) is 32.0. The van der Waals surface area contributed by atoms with E-state index in [4.69, 9.17) is 4.99 Å². The van der Waals surface area contributed by atoms with E-state index in [1.165, 1.54) is 29.2 Å². The zero-order valence-electron chi connectivity index (χ0n) is 18.0. The highest BCUT2D eigenvalue weighted by Crippen LogP contribution is 2.24. The first-order valence-corrected chi connectivity index (χ1v) is 10.4. The highest BCUT2D eigenvalue weighted by molar-refractivity contribution is 6.28. The van der Waals surface area contributed by atoms with Crippen LogP contribution in [0.15, 0.2) is 114 Å². The molecule has 0 aliphatic heterocycles. The predicted octanol–water partition coefficient (Wildman–Crippen LogP) is 6.33. The third kappa shape index (κ3) is 5.02. The Hall–Kier alpha value is -4.58. The largest absolute Gasteiger partial charge is 0.269 e. The van der Waals surface area contributed by atoms with Gasteiger partial charge in [-0.25, -0.2) is 4.99 Å². The van der Waals surface area contributed by atoms with E-state index in [-0.39, 0.29) is 11.6 Å². The van der Waals surface area contributed by atoms with Crippen molar-refractivity contribution in [2.45, 2.75) is 6.92 Å². The summed E-state index contributed by atoms with van der Waals surface area (Å²) >= 11 is 0. The molecule has 0 aliphatic carbocycles. The number of non-ortho nitro benzene ring substituents is 1. The Morgan fingerprint density at radius 1 is 0.758 bits per heavy atom. The van der Waals surface area contributed by atoms with Crippen LogP contribution >= 0.6 is 0 Å². The second kappa shape index (κ2) is 9.70. The Labute approximate surface area is 191 Å². The van der Waals surface area contributed by atoms with Crippen LogP contribution in [0.3, 0.4) is 0 Å². The van der Waals surface area contributed by atoms with Gasteiger partial charge in [-0.2, -0.15) is 0 Å². The van der Waals surface area contributed by atoms with Gasteiger partial charge in [0.2, 0.25) is 0 Å². The van der Waals surface area contributed by atoms with Crippen molar-refractivity contribution in [3.05, 3.63) is 136 Å². The normalized spacial score (nSPS) is 11.1. The summed E-state index contributed by atoms with van der Waals surface area (Å²) < 4.78 is 0. The lowest BCUT2D eigenvalue weighted by atomic mass is 10.1. The van der Waals surface area contributed by atoms with E-state index < -0.39 is 4.92 Å². The number of aryl methyl sites for hydroxylation is 1. The Bertz CT molecular complexity index is 1280. The molecule has 0 fully saturated rings. The van der Waals surface area contributed by atoms with E-state index in [9.17, 15) is 14.9 Å². The van der Waals surface area contributed by atoms with Crippen LogP contribution in [0.4, 0.5) is 17.1 Å². The van der Waals surface area contributed by atoms with Gasteiger partial charge in [0.05, 0.1) is 16.3 Å². The molecule has 0 aromatic heterocycles. The lowest BCUT2D eigenvalue weighted by Gasteiger charge is -2.25. The van der Waals surface area contributed by atoms with Crippen LogP contribution in [0.5, 0.6) is 0 Å². The number of nitro groups is 1. The zero-order chi connectivity index (χ0) is 23.2. The van der Waals surface area contributed by atoms with E-state index in [1.807, 2.05) is 91.9 Å². The number of amidine groups is 1. The van der Waals surface area contributed by atoms with Gasteiger partial charge in [-0.3, -0.25) is 19.8 Å². The van der Waals surface area contributed by atoms with E-state index >= 15 is 0 Å². The summed E-state index contributed by atoms with van der Waals surface area (Å²) in [4.78, 5) is 30.7. The van der Waals surface area contributed by atoms with Crippen molar-refractivity contribution in [2.24, 2.45) is 4.99 Å². The van der Waals surface area contributed by atoms with Crippen molar-refractivity contribution in [3.8, 4) is 0 Å². The Kier molecular flexibility index (Phi) is 6.36. The van der Waals surface area contributed by atoms with Gasteiger partial charge in [-0.15, -0.1) is 0 Å².